The molecule has 111 heavy (non-hydrogen) atoms. The molecule has 18 heteroatoms. The third kappa shape index (κ3) is 85.4. The van der Waals surface area contributed by atoms with Crippen molar-refractivity contribution in [3.8, 4) is 0 Å². The Morgan fingerprint density at radius 1 is 0.252 bits per heavy atom. The lowest BCUT2D eigenvalue weighted by Gasteiger charge is -2.21. The van der Waals surface area contributed by atoms with Crippen LogP contribution in [0, 0.1) is 0 Å². The second kappa shape index (κ2) is 84.1. The quantitative estimate of drug-likeness (QED) is 0.0146. The second-order valence-electron chi connectivity index (χ2n) is 28.2. The molecule has 0 radical (unpaired) electrons. The molecule has 0 rings (SSSR count). The zero-order valence-electron chi connectivity index (χ0n) is 69.3. The Kier molecular flexibility index (Phi) is 80.0. The number of hydrogen-bond acceptors (Lipinski definition) is 14. The summed E-state index contributed by atoms with van der Waals surface area (Å²) in [6.45, 7) is 2.33. The first-order valence-corrected chi connectivity index (χ1v) is 46.1. The van der Waals surface area contributed by atoms with Gasteiger partial charge >= 0.3 is 33.6 Å². The van der Waals surface area contributed by atoms with Crippen molar-refractivity contribution in [2.24, 2.45) is 0 Å². The zero-order chi connectivity index (χ0) is 80.8. The van der Waals surface area contributed by atoms with Gasteiger partial charge in [0.15, 0.2) is 6.10 Å². The number of carbonyl (C=O) groups is 3. The molecule has 632 valence electrons. The lowest BCUT2D eigenvalue weighted by atomic mass is 10.0. The Hall–Kier alpha value is -5.35. The lowest BCUT2D eigenvalue weighted by Crippen LogP contribution is -2.30. The van der Waals surface area contributed by atoms with Crippen LogP contribution in [0.1, 0.15) is 329 Å². The van der Waals surface area contributed by atoms with Crippen LogP contribution in [0.25, 0.3) is 0 Å². The van der Waals surface area contributed by atoms with E-state index in [0.29, 0.717) is 19.3 Å². The summed E-state index contributed by atoms with van der Waals surface area (Å²) in [5.41, 5.74) is 0. The number of ether oxygens (including phenoxy) is 3. The van der Waals surface area contributed by atoms with Crippen LogP contribution in [0.15, 0.2) is 182 Å². The molecule has 0 heterocycles. The second-order valence-corrected chi connectivity index (χ2v) is 31.1. The number of aliphatic hydroxyl groups excluding tert-OH is 2. The number of phosphoric ester groups is 2. The first-order chi connectivity index (χ1) is 54.2. The Morgan fingerprint density at radius 3 is 0.712 bits per heavy atom. The van der Waals surface area contributed by atoms with Crippen molar-refractivity contribution < 1.29 is 75.8 Å². The zero-order valence-corrected chi connectivity index (χ0v) is 71.1. The molecule has 0 aromatic rings. The number of esters is 3. The van der Waals surface area contributed by atoms with E-state index in [1.807, 2.05) is 0 Å². The average Bonchev–Trinajstić information content (AvgIpc) is 0.895. The normalized spacial score (nSPS) is 14.8. The van der Waals surface area contributed by atoms with Gasteiger partial charge in [0.2, 0.25) is 0 Å². The van der Waals surface area contributed by atoms with E-state index in [4.69, 9.17) is 32.3 Å². The van der Waals surface area contributed by atoms with Crippen LogP contribution >= 0.6 is 15.6 Å². The summed E-state index contributed by atoms with van der Waals surface area (Å²) in [5.74, 6) is -1.60. The molecule has 5 unspecified atom stereocenters. The summed E-state index contributed by atoms with van der Waals surface area (Å²) < 4.78 is 61.3. The van der Waals surface area contributed by atoms with Crippen molar-refractivity contribution in [2.45, 2.75) is 347 Å². The molecule has 0 spiro atoms. The van der Waals surface area contributed by atoms with Crippen molar-refractivity contribution in [2.75, 3.05) is 39.6 Å². The van der Waals surface area contributed by atoms with Gasteiger partial charge in [-0.25, -0.2) is 9.13 Å². The first-order valence-electron chi connectivity index (χ1n) is 43.1. The van der Waals surface area contributed by atoms with E-state index in [2.05, 4.69) is 203 Å². The number of unbranched alkanes of at least 4 members (excludes halogenated alkanes) is 27. The molecule has 0 fully saturated rings. The minimum atomic E-state index is -4.95. The van der Waals surface area contributed by atoms with Gasteiger partial charge in [-0.15, -0.1) is 0 Å². The maximum absolute atomic E-state index is 13.0. The summed E-state index contributed by atoms with van der Waals surface area (Å²) in [6, 6.07) is 0. The number of allylic oxidation sites excluding steroid dienone is 30. The van der Waals surface area contributed by atoms with Gasteiger partial charge < -0.3 is 34.2 Å². The molecular weight excluding hydrogens is 1430 g/mol. The van der Waals surface area contributed by atoms with Gasteiger partial charge in [0.25, 0.3) is 0 Å². The van der Waals surface area contributed by atoms with E-state index < -0.39 is 91.5 Å². The van der Waals surface area contributed by atoms with Crippen molar-refractivity contribution in [3.05, 3.63) is 182 Å². The van der Waals surface area contributed by atoms with Crippen LogP contribution in [0.5, 0.6) is 0 Å². The molecule has 5 atom stereocenters. The van der Waals surface area contributed by atoms with Crippen molar-refractivity contribution in [1.82, 2.24) is 0 Å². The molecule has 0 saturated carbocycles. The van der Waals surface area contributed by atoms with Gasteiger partial charge in [0.1, 0.15) is 25.4 Å². The van der Waals surface area contributed by atoms with Gasteiger partial charge in [-0.2, -0.15) is 0 Å². The number of hydrogen-bond donors (Lipinski definition) is 4. The Bertz CT molecular complexity index is 2750. The summed E-state index contributed by atoms with van der Waals surface area (Å²) >= 11 is 0. The molecule has 0 aliphatic heterocycles. The highest BCUT2D eigenvalue weighted by Gasteiger charge is 2.29. The van der Waals surface area contributed by atoms with Crippen molar-refractivity contribution in [1.29, 1.82) is 0 Å². The molecule has 0 amide bonds. The van der Waals surface area contributed by atoms with Gasteiger partial charge in [0, 0.05) is 19.3 Å². The van der Waals surface area contributed by atoms with E-state index in [0.717, 1.165) is 193 Å². The highest BCUT2D eigenvalue weighted by molar-refractivity contribution is 7.47. The fourth-order valence-corrected chi connectivity index (χ4v) is 12.8. The first kappa shape index (κ1) is 106. The summed E-state index contributed by atoms with van der Waals surface area (Å²) in [6.07, 6.45) is 109. The van der Waals surface area contributed by atoms with E-state index in [1.165, 1.54) is 77.0 Å². The lowest BCUT2D eigenvalue weighted by molar-refractivity contribution is -0.161. The van der Waals surface area contributed by atoms with Crippen LogP contribution in [0.4, 0.5) is 0 Å². The molecule has 0 saturated heterocycles. The molecule has 0 aromatic carbocycles. The number of aliphatic hydroxyl groups is 2. The largest absolute Gasteiger partial charge is 0.472 e. The molecule has 0 aliphatic rings. The maximum atomic E-state index is 13.0. The summed E-state index contributed by atoms with van der Waals surface area (Å²) in [7, 11) is -9.82. The minimum absolute atomic E-state index is 0.0814. The van der Waals surface area contributed by atoms with Crippen LogP contribution in [-0.2, 0) is 55.8 Å². The number of carbonyl (C=O) groups excluding carboxylic acids is 3. The molecular formula is C93H154O16P2. The molecule has 0 aliphatic carbocycles. The Labute approximate surface area is 675 Å². The maximum Gasteiger partial charge on any atom is 0.472 e. The fraction of sp³-hybridized carbons (Fsp3) is 0.645. The SMILES string of the molecule is CC/C=C\C/C=C\C/C=C\C/C=C\C/C=C\C/C=C\CCCCCCCCCCCCCCC(=O)OCC(O)COP(=O)(O)OCC(O)COP(=O)(O)OCC(COC(=O)CCCCCCCCCCC/C=C\C/C=C\C/C=C\C/C=C\C/C=C\CC)OC(=O)CCCCCCCC/C=C\C/C=C\C/C=C\C/C=C\CC. The highest BCUT2D eigenvalue weighted by Crippen LogP contribution is 2.45. The molecule has 0 aromatic heterocycles. The van der Waals surface area contributed by atoms with Gasteiger partial charge in [-0.05, 0) is 154 Å². The Morgan fingerprint density at radius 2 is 0.450 bits per heavy atom. The van der Waals surface area contributed by atoms with Gasteiger partial charge in [-0.1, -0.05) is 338 Å². The molecule has 4 N–H and O–H groups in total. The van der Waals surface area contributed by atoms with E-state index >= 15 is 0 Å². The number of rotatable bonds is 80. The summed E-state index contributed by atoms with van der Waals surface area (Å²) in [4.78, 5) is 58.9. The van der Waals surface area contributed by atoms with E-state index in [9.17, 15) is 43.5 Å². The van der Waals surface area contributed by atoms with Gasteiger partial charge in [-0.3, -0.25) is 32.5 Å². The third-order valence-electron chi connectivity index (χ3n) is 17.6. The topological polar surface area (TPSA) is 231 Å². The smallest absolute Gasteiger partial charge is 0.463 e. The molecule has 16 nitrogen and oxygen atoms in total. The molecule has 0 bridgehead atoms. The number of phosphoric acid groups is 2. The van der Waals surface area contributed by atoms with Gasteiger partial charge in [0.05, 0.1) is 26.4 Å². The average molecular weight is 1590 g/mol. The van der Waals surface area contributed by atoms with E-state index in [-0.39, 0.29) is 19.3 Å². The van der Waals surface area contributed by atoms with Crippen LogP contribution < -0.4 is 0 Å². The van der Waals surface area contributed by atoms with Crippen LogP contribution in [0.3, 0.4) is 0 Å². The Balaban J connectivity index is 4.60. The van der Waals surface area contributed by atoms with Crippen molar-refractivity contribution >= 4 is 33.6 Å². The highest BCUT2D eigenvalue weighted by atomic mass is 31.2. The van der Waals surface area contributed by atoms with Crippen molar-refractivity contribution in [3.63, 3.8) is 0 Å². The standard InChI is InChI=1S/C93H154O16P2/c1-4-7-10-13-16-19-22-25-28-31-34-36-38-40-41-42-43-44-45-47-49-50-53-55-58-61-64-67-70-73-76-79-91(96)103-82-88(94)83-105-110(99,100)106-84-89(95)85-107-111(101,102)108-87-90(109-93(98)81-78-75-72-69-66-63-60-57-52-33-30-27-24-21-18-15-12-9-6-3)86-104-92(97)80-77-74-71-68-65-62-59-56-54-51-48-46-39-37-35-32-29-26-23-20-17-14-11-8-5-2/h7-12,16-21,25-30,34-37,40-41,43-44,46,48,52,57,88-90,94-95H,4-6,13-15,22-24,31-33,38-39,42,45,47,49-51,53-56,58-87H2,1-3H3,(H,99,100)(H,101,102)/b10-7-,11-8-,12-9-,19-16-,20-17-,21-18-,28-25-,29-26-,30-27-,36-34-,37-35-,41-40-,44-43-,48-46-,57-52-. The predicted molar refractivity (Wildman–Crippen MR) is 463 cm³/mol. The fourth-order valence-electron chi connectivity index (χ4n) is 11.2. The predicted octanol–water partition coefficient (Wildman–Crippen LogP) is 26.1. The third-order valence-corrected chi connectivity index (χ3v) is 19.5. The minimum Gasteiger partial charge on any atom is -0.463 e. The monoisotopic (exact) mass is 1590 g/mol. The van der Waals surface area contributed by atoms with E-state index in [1.54, 1.807) is 0 Å². The van der Waals surface area contributed by atoms with Crippen LogP contribution in [0.2, 0.25) is 0 Å². The summed E-state index contributed by atoms with van der Waals surface area (Å²) in [5, 5.41) is 20.7. The van der Waals surface area contributed by atoms with Crippen LogP contribution in [-0.4, -0.2) is 95.9 Å².